The molecular weight excluding hydrogens is 176 g/mol. The van der Waals surface area contributed by atoms with Gasteiger partial charge >= 0.3 is 0 Å². The predicted molar refractivity (Wildman–Crippen MR) is 55.9 cm³/mol. The number of fused-ring (bicyclic) bond motifs is 1. The molecule has 14 heavy (non-hydrogen) atoms. The Morgan fingerprint density at radius 2 is 1.79 bits per heavy atom. The van der Waals surface area contributed by atoms with Gasteiger partial charge in [0.25, 0.3) is 0 Å². The third-order valence-corrected chi connectivity index (χ3v) is 2.23. The van der Waals surface area contributed by atoms with E-state index in [-0.39, 0.29) is 0 Å². The molecule has 0 aliphatic rings. The highest BCUT2D eigenvalue weighted by molar-refractivity contribution is 5.92. The van der Waals surface area contributed by atoms with Gasteiger partial charge in [0, 0.05) is 0 Å². The minimum Gasteiger partial charge on any atom is -0.496 e. The molecule has 0 amide bonds. The SMILES string of the molecule is COc1cc2ccccc2cc1C=O. The number of hydrogen-bond acceptors (Lipinski definition) is 2. The van der Waals surface area contributed by atoms with Crippen LogP contribution in [0.15, 0.2) is 36.4 Å². The molecule has 0 aliphatic carbocycles. The van der Waals surface area contributed by atoms with Crippen molar-refractivity contribution in [2.45, 2.75) is 0 Å². The first-order chi connectivity index (χ1) is 6.85. The van der Waals surface area contributed by atoms with Crippen LogP contribution in [0.5, 0.6) is 5.75 Å². The number of rotatable bonds is 2. The van der Waals surface area contributed by atoms with Crippen molar-refractivity contribution in [3.8, 4) is 5.75 Å². The fraction of sp³-hybridized carbons (Fsp3) is 0.0833. The molecule has 0 atom stereocenters. The van der Waals surface area contributed by atoms with E-state index >= 15 is 0 Å². The Labute approximate surface area is 82.1 Å². The molecule has 0 aromatic heterocycles. The molecule has 0 saturated carbocycles. The maximum Gasteiger partial charge on any atom is 0.153 e. The quantitative estimate of drug-likeness (QED) is 0.674. The van der Waals surface area contributed by atoms with Crippen molar-refractivity contribution < 1.29 is 9.53 Å². The van der Waals surface area contributed by atoms with Gasteiger partial charge in [-0.25, -0.2) is 0 Å². The van der Waals surface area contributed by atoms with Crippen LogP contribution in [0.1, 0.15) is 10.4 Å². The maximum atomic E-state index is 10.7. The first-order valence-electron chi connectivity index (χ1n) is 4.37. The summed E-state index contributed by atoms with van der Waals surface area (Å²) < 4.78 is 5.11. The summed E-state index contributed by atoms with van der Waals surface area (Å²) in [7, 11) is 1.57. The van der Waals surface area contributed by atoms with Crippen LogP contribution in [0.25, 0.3) is 10.8 Å². The molecule has 70 valence electrons. The van der Waals surface area contributed by atoms with Gasteiger partial charge in [-0.1, -0.05) is 24.3 Å². The second kappa shape index (κ2) is 3.50. The van der Waals surface area contributed by atoms with Crippen molar-refractivity contribution in [3.63, 3.8) is 0 Å². The average Bonchev–Trinajstić information content (AvgIpc) is 2.27. The lowest BCUT2D eigenvalue weighted by molar-refractivity contribution is 0.112. The van der Waals surface area contributed by atoms with E-state index in [0.717, 1.165) is 17.1 Å². The number of hydrogen-bond donors (Lipinski definition) is 0. The fourth-order valence-electron chi connectivity index (χ4n) is 1.51. The van der Waals surface area contributed by atoms with E-state index in [0.29, 0.717) is 11.3 Å². The third-order valence-electron chi connectivity index (χ3n) is 2.23. The lowest BCUT2D eigenvalue weighted by Crippen LogP contribution is -1.90. The first kappa shape index (κ1) is 8.75. The monoisotopic (exact) mass is 186 g/mol. The van der Waals surface area contributed by atoms with Gasteiger partial charge in [-0.2, -0.15) is 0 Å². The number of carbonyl (C=O) groups is 1. The van der Waals surface area contributed by atoms with Gasteiger partial charge in [0.05, 0.1) is 12.7 Å². The Hall–Kier alpha value is -1.83. The predicted octanol–water partition coefficient (Wildman–Crippen LogP) is 2.66. The third kappa shape index (κ3) is 1.35. The van der Waals surface area contributed by atoms with Gasteiger partial charge < -0.3 is 4.74 Å². The maximum absolute atomic E-state index is 10.7. The number of aldehydes is 1. The van der Waals surface area contributed by atoms with Crippen LogP contribution < -0.4 is 4.74 Å². The number of methoxy groups -OCH3 is 1. The van der Waals surface area contributed by atoms with E-state index in [9.17, 15) is 4.79 Å². The van der Waals surface area contributed by atoms with E-state index in [1.165, 1.54) is 0 Å². The summed E-state index contributed by atoms with van der Waals surface area (Å²) in [6.07, 6.45) is 0.811. The highest BCUT2D eigenvalue weighted by Crippen LogP contribution is 2.24. The summed E-state index contributed by atoms with van der Waals surface area (Å²) in [5.74, 6) is 0.624. The lowest BCUT2D eigenvalue weighted by atomic mass is 10.1. The summed E-state index contributed by atoms with van der Waals surface area (Å²) in [6, 6.07) is 11.6. The second-order valence-corrected chi connectivity index (χ2v) is 3.06. The first-order valence-corrected chi connectivity index (χ1v) is 4.37. The molecule has 2 nitrogen and oxygen atoms in total. The Kier molecular flexibility index (Phi) is 2.19. The Morgan fingerprint density at radius 3 is 2.36 bits per heavy atom. The number of benzene rings is 2. The number of ether oxygens (including phenoxy) is 1. The smallest absolute Gasteiger partial charge is 0.153 e. The zero-order valence-corrected chi connectivity index (χ0v) is 7.86. The summed E-state index contributed by atoms with van der Waals surface area (Å²) >= 11 is 0. The van der Waals surface area contributed by atoms with Crippen LogP contribution in [-0.4, -0.2) is 13.4 Å². The molecular formula is C12H10O2. The minimum absolute atomic E-state index is 0.589. The largest absolute Gasteiger partial charge is 0.496 e. The Balaban J connectivity index is 2.75. The number of carbonyl (C=O) groups excluding carboxylic acids is 1. The van der Waals surface area contributed by atoms with Crippen molar-refractivity contribution in [1.29, 1.82) is 0 Å². The topological polar surface area (TPSA) is 26.3 Å². The van der Waals surface area contributed by atoms with E-state index in [1.54, 1.807) is 7.11 Å². The molecule has 0 N–H and O–H groups in total. The van der Waals surface area contributed by atoms with Crippen LogP contribution in [-0.2, 0) is 0 Å². The van der Waals surface area contributed by atoms with E-state index < -0.39 is 0 Å². The molecule has 0 bridgehead atoms. The molecule has 0 saturated heterocycles. The summed E-state index contributed by atoms with van der Waals surface area (Å²) in [5, 5.41) is 2.13. The van der Waals surface area contributed by atoms with Crippen LogP contribution >= 0.6 is 0 Å². The lowest BCUT2D eigenvalue weighted by Gasteiger charge is -2.05. The van der Waals surface area contributed by atoms with Crippen molar-refractivity contribution >= 4 is 17.1 Å². The van der Waals surface area contributed by atoms with Gasteiger partial charge in [0.15, 0.2) is 6.29 Å². The summed E-state index contributed by atoms with van der Waals surface area (Å²) in [5.41, 5.74) is 0.589. The highest BCUT2D eigenvalue weighted by Gasteiger charge is 2.03. The van der Waals surface area contributed by atoms with Gasteiger partial charge in [0.2, 0.25) is 0 Å². The van der Waals surface area contributed by atoms with Crippen LogP contribution in [0.4, 0.5) is 0 Å². The van der Waals surface area contributed by atoms with E-state index in [2.05, 4.69) is 0 Å². The molecule has 0 aliphatic heterocycles. The molecule has 2 aromatic carbocycles. The Morgan fingerprint density at radius 1 is 1.14 bits per heavy atom. The van der Waals surface area contributed by atoms with Gasteiger partial charge in [-0.3, -0.25) is 4.79 Å². The molecule has 0 heterocycles. The fourth-order valence-corrected chi connectivity index (χ4v) is 1.51. The van der Waals surface area contributed by atoms with Gasteiger partial charge in [-0.15, -0.1) is 0 Å². The van der Waals surface area contributed by atoms with Crippen molar-refractivity contribution in [2.24, 2.45) is 0 Å². The molecule has 0 unspecified atom stereocenters. The molecule has 0 fully saturated rings. The van der Waals surface area contributed by atoms with Crippen molar-refractivity contribution in [1.82, 2.24) is 0 Å². The minimum atomic E-state index is 0.589. The van der Waals surface area contributed by atoms with Crippen LogP contribution in [0.3, 0.4) is 0 Å². The average molecular weight is 186 g/mol. The van der Waals surface area contributed by atoms with E-state index in [1.807, 2.05) is 36.4 Å². The second-order valence-electron chi connectivity index (χ2n) is 3.06. The summed E-state index contributed by atoms with van der Waals surface area (Å²) in [4.78, 5) is 10.7. The van der Waals surface area contributed by atoms with Crippen LogP contribution in [0.2, 0.25) is 0 Å². The highest BCUT2D eigenvalue weighted by atomic mass is 16.5. The summed E-state index contributed by atoms with van der Waals surface area (Å²) in [6.45, 7) is 0. The van der Waals surface area contributed by atoms with Gasteiger partial charge in [0.1, 0.15) is 5.75 Å². The molecule has 2 rings (SSSR count). The zero-order valence-electron chi connectivity index (χ0n) is 7.86. The van der Waals surface area contributed by atoms with Gasteiger partial charge in [-0.05, 0) is 22.9 Å². The van der Waals surface area contributed by atoms with Crippen LogP contribution in [0, 0.1) is 0 Å². The normalized spacial score (nSPS) is 10.1. The van der Waals surface area contributed by atoms with Crippen molar-refractivity contribution in [3.05, 3.63) is 42.0 Å². The van der Waals surface area contributed by atoms with E-state index in [4.69, 9.17) is 4.74 Å². The standard InChI is InChI=1S/C12H10O2/c1-14-12-7-10-5-3-2-4-9(10)6-11(12)8-13/h2-8H,1H3. The van der Waals surface area contributed by atoms with Crippen molar-refractivity contribution in [2.75, 3.05) is 7.11 Å². The Bertz CT molecular complexity index is 475. The molecule has 2 aromatic rings. The molecule has 0 radical (unpaired) electrons. The molecule has 2 heteroatoms. The molecule has 0 spiro atoms. The zero-order chi connectivity index (χ0) is 9.97.